The molecule has 8 heteroatoms. The van der Waals surface area contributed by atoms with Crippen LogP contribution in [0.2, 0.25) is 0 Å². The zero-order chi connectivity index (χ0) is 25.3. The van der Waals surface area contributed by atoms with E-state index >= 15 is 0 Å². The van der Waals surface area contributed by atoms with Gasteiger partial charge in [0.05, 0.1) is 30.0 Å². The van der Waals surface area contributed by atoms with E-state index in [-0.39, 0.29) is 23.4 Å². The van der Waals surface area contributed by atoms with Gasteiger partial charge in [0.2, 0.25) is 5.88 Å². The standard InChI is InChI=1S/C28H38N4O4/c1-18(22-8-6-14-32(22)2)36-24-17-21(19-10-15-35-16-11-19)30-27(31-24)25(29)20-7-5-13-28(26(20)34)12-4-3-9-23(28)33/h10,17-18,22H,3-9,11-16,29H2,1-2H3/t18-,22-,28+/m0/s1. The fraction of sp³-hybridized carbons (Fsp3) is 0.643. The largest absolute Gasteiger partial charge is 0.473 e. The number of aromatic nitrogens is 2. The summed E-state index contributed by atoms with van der Waals surface area (Å²) in [5.74, 6) is 0.735. The minimum Gasteiger partial charge on any atom is -0.473 e. The maximum absolute atomic E-state index is 13.7. The lowest BCUT2D eigenvalue weighted by atomic mass is 9.62. The molecule has 3 atom stereocenters. The van der Waals surface area contributed by atoms with Crippen LogP contribution < -0.4 is 10.5 Å². The molecule has 3 heterocycles. The molecular weight excluding hydrogens is 456 g/mol. The van der Waals surface area contributed by atoms with E-state index in [9.17, 15) is 9.59 Å². The van der Waals surface area contributed by atoms with Crippen LogP contribution in [0.1, 0.15) is 82.7 Å². The molecule has 2 aliphatic carbocycles. The molecule has 0 radical (unpaired) electrons. The Hall–Kier alpha value is -2.58. The third-order valence-electron chi connectivity index (χ3n) is 8.52. The predicted octanol–water partition coefficient (Wildman–Crippen LogP) is 3.69. The van der Waals surface area contributed by atoms with E-state index in [0.717, 1.165) is 56.3 Å². The molecule has 0 amide bonds. The molecule has 4 aliphatic rings. The average Bonchev–Trinajstić information content (AvgIpc) is 3.33. The van der Waals surface area contributed by atoms with Crippen LogP contribution in [0.15, 0.2) is 17.7 Å². The smallest absolute Gasteiger partial charge is 0.217 e. The molecule has 0 bridgehead atoms. The Morgan fingerprint density at radius 1 is 1.17 bits per heavy atom. The molecule has 0 aromatic carbocycles. The number of Topliss-reactive ketones (excluding diaryl/α,β-unsaturated/α-hetero) is 2. The van der Waals surface area contributed by atoms with Crippen LogP contribution in [-0.2, 0) is 14.3 Å². The predicted molar refractivity (Wildman–Crippen MR) is 137 cm³/mol. The summed E-state index contributed by atoms with van der Waals surface area (Å²) in [4.78, 5) is 38.4. The zero-order valence-electron chi connectivity index (χ0n) is 21.6. The van der Waals surface area contributed by atoms with Gasteiger partial charge < -0.3 is 15.2 Å². The third-order valence-corrected chi connectivity index (χ3v) is 8.52. The van der Waals surface area contributed by atoms with Gasteiger partial charge in [0, 0.05) is 24.1 Å². The first kappa shape index (κ1) is 25.1. The average molecular weight is 495 g/mol. The highest BCUT2D eigenvalue weighted by atomic mass is 16.5. The molecule has 3 fully saturated rings. The fourth-order valence-electron chi connectivity index (χ4n) is 6.40. The third kappa shape index (κ3) is 4.73. The van der Waals surface area contributed by atoms with Crippen molar-refractivity contribution >= 4 is 22.8 Å². The number of rotatable bonds is 5. The highest BCUT2D eigenvalue weighted by Gasteiger charge is 2.49. The topological polar surface area (TPSA) is 108 Å². The van der Waals surface area contributed by atoms with Crippen LogP contribution in [0.5, 0.6) is 5.88 Å². The SMILES string of the molecule is C[C@H](Oc1cc(C2=CCOCC2)nc(C(N)=C2CCC[C@@]3(CCCCC3=O)C2=O)n1)[C@@H]1CCCN1C. The summed E-state index contributed by atoms with van der Waals surface area (Å²) < 4.78 is 11.9. The molecule has 1 aromatic heterocycles. The van der Waals surface area contributed by atoms with Gasteiger partial charge in [0.1, 0.15) is 11.9 Å². The van der Waals surface area contributed by atoms with E-state index in [4.69, 9.17) is 25.2 Å². The highest BCUT2D eigenvalue weighted by Crippen LogP contribution is 2.45. The minimum absolute atomic E-state index is 0.0508. The van der Waals surface area contributed by atoms with Crippen LogP contribution >= 0.6 is 0 Å². The maximum atomic E-state index is 13.7. The molecule has 1 saturated heterocycles. The van der Waals surface area contributed by atoms with Gasteiger partial charge in [-0.2, -0.15) is 4.98 Å². The summed E-state index contributed by atoms with van der Waals surface area (Å²) in [5.41, 5.74) is 8.34. The summed E-state index contributed by atoms with van der Waals surface area (Å²) in [6.07, 6.45) is 9.75. The highest BCUT2D eigenvalue weighted by molar-refractivity contribution is 6.17. The molecule has 0 unspecified atom stereocenters. The van der Waals surface area contributed by atoms with Gasteiger partial charge in [-0.15, -0.1) is 0 Å². The fourth-order valence-corrected chi connectivity index (χ4v) is 6.40. The van der Waals surface area contributed by atoms with Crippen molar-refractivity contribution in [1.29, 1.82) is 0 Å². The van der Waals surface area contributed by atoms with Gasteiger partial charge >= 0.3 is 0 Å². The van der Waals surface area contributed by atoms with Crippen molar-refractivity contribution in [1.82, 2.24) is 14.9 Å². The van der Waals surface area contributed by atoms with Crippen LogP contribution in [0.4, 0.5) is 0 Å². The van der Waals surface area contributed by atoms with Gasteiger partial charge in [-0.25, -0.2) is 4.98 Å². The van der Waals surface area contributed by atoms with E-state index in [1.54, 1.807) is 0 Å². The van der Waals surface area contributed by atoms with Gasteiger partial charge in [0.15, 0.2) is 11.6 Å². The number of ether oxygens (including phenoxy) is 2. The Kier molecular flexibility index (Phi) is 7.26. The number of hydrogen-bond donors (Lipinski definition) is 1. The number of carbonyl (C=O) groups is 2. The maximum Gasteiger partial charge on any atom is 0.217 e. The zero-order valence-corrected chi connectivity index (χ0v) is 21.6. The number of carbonyl (C=O) groups excluding carboxylic acids is 2. The van der Waals surface area contributed by atoms with Crippen LogP contribution in [0, 0.1) is 5.41 Å². The number of nitrogens with two attached hydrogens (primary N) is 1. The number of likely N-dealkylation sites (tertiary alicyclic amines) is 1. The second-order valence-electron chi connectivity index (χ2n) is 10.8. The molecule has 194 valence electrons. The van der Waals surface area contributed by atoms with Crippen molar-refractivity contribution in [3.63, 3.8) is 0 Å². The molecule has 36 heavy (non-hydrogen) atoms. The quantitative estimate of drug-likeness (QED) is 0.488. The molecule has 2 aliphatic heterocycles. The Morgan fingerprint density at radius 2 is 2.00 bits per heavy atom. The molecule has 2 N–H and O–H groups in total. The van der Waals surface area contributed by atoms with Gasteiger partial charge in [-0.1, -0.05) is 12.5 Å². The Bertz CT molecular complexity index is 1090. The first-order chi connectivity index (χ1) is 17.4. The Morgan fingerprint density at radius 3 is 2.72 bits per heavy atom. The van der Waals surface area contributed by atoms with Crippen molar-refractivity contribution in [2.24, 2.45) is 11.1 Å². The van der Waals surface area contributed by atoms with Crippen molar-refractivity contribution in [2.45, 2.75) is 83.3 Å². The van der Waals surface area contributed by atoms with Crippen molar-refractivity contribution in [3.05, 3.63) is 29.2 Å². The second-order valence-corrected chi connectivity index (χ2v) is 10.8. The van der Waals surface area contributed by atoms with E-state index in [1.807, 2.05) is 12.1 Å². The van der Waals surface area contributed by atoms with Gasteiger partial charge in [-0.3, -0.25) is 14.5 Å². The monoisotopic (exact) mass is 494 g/mol. The molecule has 5 rings (SSSR count). The number of nitrogens with zero attached hydrogens (tertiary/aromatic N) is 3. The van der Waals surface area contributed by atoms with Crippen LogP contribution in [0.25, 0.3) is 11.3 Å². The number of hydrogen-bond acceptors (Lipinski definition) is 8. The summed E-state index contributed by atoms with van der Waals surface area (Å²) in [5, 5.41) is 0. The van der Waals surface area contributed by atoms with Crippen molar-refractivity contribution < 1.29 is 19.1 Å². The minimum atomic E-state index is -0.905. The van der Waals surface area contributed by atoms with Crippen molar-refractivity contribution in [2.75, 3.05) is 26.8 Å². The summed E-state index contributed by atoms with van der Waals surface area (Å²) in [6.45, 7) is 4.30. The Balaban J connectivity index is 1.51. The van der Waals surface area contributed by atoms with Crippen molar-refractivity contribution in [3.8, 4) is 5.88 Å². The summed E-state index contributed by atoms with van der Waals surface area (Å²) >= 11 is 0. The molecule has 8 nitrogen and oxygen atoms in total. The summed E-state index contributed by atoms with van der Waals surface area (Å²) in [6, 6.07) is 2.20. The van der Waals surface area contributed by atoms with E-state index in [0.29, 0.717) is 62.2 Å². The van der Waals surface area contributed by atoms with E-state index in [1.165, 1.54) is 0 Å². The lowest BCUT2D eigenvalue weighted by molar-refractivity contribution is -0.143. The van der Waals surface area contributed by atoms with Crippen LogP contribution in [-0.4, -0.2) is 65.4 Å². The van der Waals surface area contributed by atoms with Gasteiger partial charge in [0.25, 0.3) is 0 Å². The lowest BCUT2D eigenvalue weighted by Gasteiger charge is -2.38. The normalized spacial score (nSPS) is 29.8. The first-order valence-corrected chi connectivity index (χ1v) is 13.5. The molecule has 1 spiro atoms. The number of allylic oxidation sites excluding steroid dienone is 1. The number of likely N-dealkylation sites (N-methyl/N-ethyl adjacent to an activating group) is 1. The van der Waals surface area contributed by atoms with E-state index < -0.39 is 5.41 Å². The second kappa shape index (κ2) is 10.4. The number of ketones is 2. The molecule has 2 saturated carbocycles. The molecule has 1 aromatic rings. The Labute approximate surface area is 213 Å². The first-order valence-electron chi connectivity index (χ1n) is 13.5. The molecular formula is C28H38N4O4. The lowest BCUT2D eigenvalue weighted by Crippen LogP contribution is -2.45. The van der Waals surface area contributed by atoms with Crippen LogP contribution in [0.3, 0.4) is 0 Å². The van der Waals surface area contributed by atoms with Gasteiger partial charge in [-0.05, 0) is 77.5 Å². The van der Waals surface area contributed by atoms with E-state index in [2.05, 4.69) is 18.9 Å². The summed E-state index contributed by atoms with van der Waals surface area (Å²) in [7, 11) is 2.13.